The highest BCUT2D eigenvalue weighted by molar-refractivity contribution is 6.30. The molecule has 3 aromatic rings. The molecule has 0 aliphatic carbocycles. The van der Waals surface area contributed by atoms with E-state index in [-0.39, 0.29) is 23.8 Å². The fourth-order valence-electron chi connectivity index (χ4n) is 2.44. The third-order valence-electron chi connectivity index (χ3n) is 3.70. The average molecular weight is 357 g/mol. The molecule has 0 spiro atoms. The molecule has 0 radical (unpaired) electrons. The molecule has 25 heavy (non-hydrogen) atoms. The van der Waals surface area contributed by atoms with Gasteiger partial charge in [0.2, 0.25) is 0 Å². The predicted molar refractivity (Wildman–Crippen MR) is 96.0 cm³/mol. The molecule has 0 bridgehead atoms. The van der Waals surface area contributed by atoms with Gasteiger partial charge in [0.1, 0.15) is 5.76 Å². The summed E-state index contributed by atoms with van der Waals surface area (Å²) in [4.78, 5) is 23.8. The number of benzene rings is 1. The molecule has 0 atom stereocenters. The zero-order chi connectivity index (χ0) is 17.6. The highest BCUT2D eigenvalue weighted by Crippen LogP contribution is 2.11. The van der Waals surface area contributed by atoms with E-state index in [1.54, 1.807) is 30.5 Å². The van der Waals surface area contributed by atoms with Gasteiger partial charge in [0.05, 0.1) is 6.54 Å². The SMILES string of the molecule is O=C(NCCc1cccc(Cl)c1)c1ccc(Cn2ccccc2=O)o1. The normalized spacial score (nSPS) is 10.6. The van der Waals surface area contributed by atoms with Crippen LogP contribution in [0.4, 0.5) is 0 Å². The molecular weight excluding hydrogens is 340 g/mol. The van der Waals surface area contributed by atoms with E-state index in [1.807, 2.05) is 24.3 Å². The molecular formula is C19H17ClN2O3. The van der Waals surface area contributed by atoms with Crippen LogP contribution in [0.3, 0.4) is 0 Å². The van der Waals surface area contributed by atoms with Gasteiger partial charge in [-0.05, 0) is 42.3 Å². The van der Waals surface area contributed by atoms with Crippen molar-refractivity contribution in [3.05, 3.63) is 93.3 Å². The number of nitrogens with zero attached hydrogens (tertiary/aromatic N) is 1. The lowest BCUT2D eigenvalue weighted by molar-refractivity contribution is 0.0924. The maximum absolute atomic E-state index is 12.1. The minimum atomic E-state index is -0.284. The molecule has 1 amide bonds. The molecule has 0 fully saturated rings. The van der Waals surface area contributed by atoms with Crippen molar-refractivity contribution >= 4 is 17.5 Å². The molecule has 5 nitrogen and oxygen atoms in total. The Hall–Kier alpha value is -2.79. The van der Waals surface area contributed by atoms with Crippen molar-refractivity contribution in [1.29, 1.82) is 0 Å². The molecule has 0 aliphatic heterocycles. The molecule has 2 aromatic heterocycles. The summed E-state index contributed by atoms with van der Waals surface area (Å²) in [6.45, 7) is 0.767. The molecule has 128 valence electrons. The summed E-state index contributed by atoms with van der Waals surface area (Å²) in [6, 6.07) is 15.8. The second kappa shape index (κ2) is 7.85. The van der Waals surface area contributed by atoms with Gasteiger partial charge in [-0.1, -0.05) is 29.8 Å². The van der Waals surface area contributed by atoms with Crippen LogP contribution < -0.4 is 10.9 Å². The quantitative estimate of drug-likeness (QED) is 0.738. The lowest BCUT2D eigenvalue weighted by Gasteiger charge is -2.04. The standard InChI is InChI=1S/C19H17ClN2O3/c20-15-5-3-4-14(12-15)9-10-21-19(24)17-8-7-16(25-17)13-22-11-2-1-6-18(22)23/h1-8,11-12H,9-10,13H2,(H,21,24). The smallest absolute Gasteiger partial charge is 0.287 e. The van der Waals surface area contributed by atoms with Crippen molar-refractivity contribution in [3.63, 3.8) is 0 Å². The van der Waals surface area contributed by atoms with E-state index in [9.17, 15) is 9.59 Å². The fraction of sp³-hybridized carbons (Fsp3) is 0.158. The summed E-state index contributed by atoms with van der Waals surface area (Å²) in [7, 11) is 0. The Balaban J connectivity index is 1.55. The zero-order valence-electron chi connectivity index (χ0n) is 13.4. The van der Waals surface area contributed by atoms with Crippen molar-refractivity contribution in [2.75, 3.05) is 6.54 Å². The van der Waals surface area contributed by atoms with Gasteiger partial charge in [0, 0.05) is 23.8 Å². The Morgan fingerprint density at radius 2 is 2.00 bits per heavy atom. The predicted octanol–water partition coefficient (Wildman–Crippen LogP) is 3.12. The molecule has 0 aliphatic rings. The summed E-state index contributed by atoms with van der Waals surface area (Å²) >= 11 is 5.94. The highest BCUT2D eigenvalue weighted by atomic mass is 35.5. The minimum Gasteiger partial charge on any atom is -0.454 e. The van der Waals surface area contributed by atoms with E-state index < -0.39 is 0 Å². The Kier molecular flexibility index (Phi) is 5.36. The Bertz CT molecular complexity index is 930. The van der Waals surface area contributed by atoms with Gasteiger partial charge in [0.25, 0.3) is 11.5 Å². The Morgan fingerprint density at radius 3 is 2.80 bits per heavy atom. The van der Waals surface area contributed by atoms with E-state index in [0.717, 1.165) is 5.56 Å². The van der Waals surface area contributed by atoms with Crippen LogP contribution in [0.15, 0.2) is 70.0 Å². The van der Waals surface area contributed by atoms with Crippen LogP contribution in [-0.4, -0.2) is 17.0 Å². The molecule has 6 heteroatoms. The number of carbonyl (C=O) groups excluding carboxylic acids is 1. The monoisotopic (exact) mass is 356 g/mol. The van der Waals surface area contributed by atoms with Gasteiger partial charge in [-0.3, -0.25) is 9.59 Å². The van der Waals surface area contributed by atoms with E-state index in [4.69, 9.17) is 16.0 Å². The number of aromatic nitrogens is 1. The second-order valence-corrected chi connectivity index (χ2v) is 6.00. The first-order valence-corrected chi connectivity index (χ1v) is 8.26. The molecule has 1 aromatic carbocycles. The topological polar surface area (TPSA) is 64.2 Å². The number of rotatable bonds is 6. The third-order valence-corrected chi connectivity index (χ3v) is 3.93. The second-order valence-electron chi connectivity index (χ2n) is 5.57. The summed E-state index contributed by atoms with van der Waals surface area (Å²) in [5.74, 6) is 0.493. The van der Waals surface area contributed by atoms with Crippen molar-refractivity contribution in [3.8, 4) is 0 Å². The molecule has 3 rings (SSSR count). The van der Waals surface area contributed by atoms with Crippen LogP contribution in [-0.2, 0) is 13.0 Å². The maximum atomic E-state index is 12.1. The van der Waals surface area contributed by atoms with E-state index in [0.29, 0.717) is 23.7 Å². The number of hydrogen-bond donors (Lipinski definition) is 1. The number of amides is 1. The lowest BCUT2D eigenvalue weighted by atomic mass is 10.1. The van der Waals surface area contributed by atoms with Gasteiger partial charge < -0.3 is 14.3 Å². The lowest BCUT2D eigenvalue weighted by Crippen LogP contribution is -2.25. The maximum Gasteiger partial charge on any atom is 0.287 e. The van der Waals surface area contributed by atoms with Crippen LogP contribution in [0.2, 0.25) is 5.02 Å². The number of furan rings is 1. The fourth-order valence-corrected chi connectivity index (χ4v) is 2.66. The molecule has 0 unspecified atom stereocenters. The summed E-state index contributed by atoms with van der Waals surface area (Å²) < 4.78 is 7.05. The molecule has 0 saturated heterocycles. The van der Waals surface area contributed by atoms with Crippen molar-refractivity contribution < 1.29 is 9.21 Å². The van der Waals surface area contributed by atoms with E-state index in [1.165, 1.54) is 10.6 Å². The summed E-state index contributed by atoms with van der Waals surface area (Å²) in [5.41, 5.74) is 0.933. The van der Waals surface area contributed by atoms with E-state index >= 15 is 0 Å². The van der Waals surface area contributed by atoms with Gasteiger partial charge in [-0.15, -0.1) is 0 Å². The highest BCUT2D eigenvalue weighted by Gasteiger charge is 2.11. The van der Waals surface area contributed by atoms with E-state index in [2.05, 4.69) is 5.32 Å². The number of pyridine rings is 1. The van der Waals surface area contributed by atoms with Gasteiger partial charge >= 0.3 is 0 Å². The Morgan fingerprint density at radius 1 is 1.12 bits per heavy atom. The van der Waals surface area contributed by atoms with Gasteiger partial charge in [-0.2, -0.15) is 0 Å². The number of nitrogens with one attached hydrogen (secondary N) is 1. The van der Waals surface area contributed by atoms with Crippen molar-refractivity contribution in [1.82, 2.24) is 9.88 Å². The number of carbonyl (C=O) groups is 1. The summed E-state index contributed by atoms with van der Waals surface area (Å²) in [5, 5.41) is 3.49. The van der Waals surface area contributed by atoms with Crippen LogP contribution in [0, 0.1) is 0 Å². The molecule has 1 N–H and O–H groups in total. The first-order valence-electron chi connectivity index (χ1n) is 7.88. The molecule has 2 heterocycles. The first kappa shape index (κ1) is 17.0. The Labute approximate surface area is 149 Å². The summed E-state index contributed by atoms with van der Waals surface area (Å²) in [6.07, 6.45) is 2.36. The van der Waals surface area contributed by atoms with Gasteiger partial charge in [-0.25, -0.2) is 0 Å². The van der Waals surface area contributed by atoms with Crippen LogP contribution in [0.1, 0.15) is 21.9 Å². The van der Waals surface area contributed by atoms with Crippen LogP contribution >= 0.6 is 11.6 Å². The van der Waals surface area contributed by atoms with Crippen LogP contribution in [0.25, 0.3) is 0 Å². The van der Waals surface area contributed by atoms with Crippen LogP contribution in [0.5, 0.6) is 0 Å². The zero-order valence-corrected chi connectivity index (χ0v) is 14.2. The van der Waals surface area contributed by atoms with Crippen molar-refractivity contribution in [2.24, 2.45) is 0 Å². The third kappa shape index (κ3) is 4.61. The largest absolute Gasteiger partial charge is 0.454 e. The molecule has 0 saturated carbocycles. The van der Waals surface area contributed by atoms with Crippen molar-refractivity contribution in [2.45, 2.75) is 13.0 Å². The number of halogens is 1. The first-order chi connectivity index (χ1) is 12.1. The number of hydrogen-bond acceptors (Lipinski definition) is 3. The average Bonchev–Trinajstić information content (AvgIpc) is 3.06. The minimum absolute atomic E-state index is 0.119. The van der Waals surface area contributed by atoms with Gasteiger partial charge in [0.15, 0.2) is 5.76 Å².